The highest BCUT2D eigenvalue weighted by Gasteiger charge is 2.06. The van der Waals surface area contributed by atoms with Crippen LogP contribution >= 0.6 is 0 Å². The summed E-state index contributed by atoms with van der Waals surface area (Å²) in [7, 11) is 3.42. The summed E-state index contributed by atoms with van der Waals surface area (Å²) >= 11 is 0. The summed E-state index contributed by atoms with van der Waals surface area (Å²) in [5.41, 5.74) is 0.363. The Morgan fingerprint density at radius 1 is 1.50 bits per heavy atom. The van der Waals surface area contributed by atoms with E-state index < -0.39 is 5.97 Å². The Bertz CT molecular complexity index is 157. The predicted octanol–water partition coefficient (Wildman–Crippen LogP) is -0.750. The van der Waals surface area contributed by atoms with Crippen molar-refractivity contribution in [2.24, 2.45) is 0 Å². The molecule has 58 valence electrons. The number of nitrogens with zero attached hydrogens (tertiary/aromatic N) is 1. The first-order valence-electron chi connectivity index (χ1n) is 3.34. The third kappa shape index (κ3) is 2.62. The summed E-state index contributed by atoms with van der Waals surface area (Å²) < 4.78 is 1.58. The zero-order chi connectivity index (χ0) is 8.15. The molecule has 0 radical (unpaired) electrons. The molecule has 3 heteroatoms. The zero-order valence-corrected chi connectivity index (χ0v) is 6.68. The number of carbonyl (C=O) groups is 1. The molecule has 0 bridgehead atoms. The average Bonchev–Trinajstić information content (AvgIpc) is 1.81. The molecule has 0 saturated heterocycles. The van der Waals surface area contributed by atoms with Gasteiger partial charge in [-0.2, -0.15) is 0 Å². The van der Waals surface area contributed by atoms with Gasteiger partial charge in [0.25, 0.3) is 0 Å². The van der Waals surface area contributed by atoms with E-state index in [9.17, 15) is 9.90 Å². The summed E-state index contributed by atoms with van der Waals surface area (Å²) in [5.74, 6) is -1.06. The molecule has 0 N–H and O–H groups in total. The van der Waals surface area contributed by atoms with E-state index in [1.165, 1.54) is 0 Å². The SMILES string of the molecule is CCCC(C(=O)[O-])=[N+](C)C. The van der Waals surface area contributed by atoms with Crippen LogP contribution in [0.4, 0.5) is 0 Å². The minimum Gasteiger partial charge on any atom is -0.540 e. The van der Waals surface area contributed by atoms with Crippen molar-refractivity contribution in [2.75, 3.05) is 14.1 Å². The fraction of sp³-hybridized carbons (Fsp3) is 0.714. The minimum atomic E-state index is -1.06. The van der Waals surface area contributed by atoms with Crippen LogP contribution in [0.1, 0.15) is 19.8 Å². The van der Waals surface area contributed by atoms with E-state index in [0.29, 0.717) is 12.1 Å². The Labute approximate surface area is 61.0 Å². The summed E-state index contributed by atoms with van der Waals surface area (Å²) in [6, 6.07) is 0. The van der Waals surface area contributed by atoms with Crippen molar-refractivity contribution in [2.45, 2.75) is 19.8 Å². The van der Waals surface area contributed by atoms with E-state index in [1.807, 2.05) is 6.92 Å². The maximum absolute atomic E-state index is 10.3. The molecule has 0 aromatic heterocycles. The molecule has 0 saturated carbocycles. The normalized spacial score (nSPS) is 9.10. The summed E-state index contributed by atoms with van der Waals surface area (Å²) in [5, 5.41) is 10.3. The third-order valence-corrected chi connectivity index (χ3v) is 1.26. The predicted molar refractivity (Wildman–Crippen MR) is 37.0 cm³/mol. The van der Waals surface area contributed by atoms with E-state index in [1.54, 1.807) is 18.7 Å². The third-order valence-electron chi connectivity index (χ3n) is 1.26. The maximum Gasteiger partial charge on any atom is 0.198 e. The van der Waals surface area contributed by atoms with Crippen molar-refractivity contribution >= 4 is 11.7 Å². The highest BCUT2D eigenvalue weighted by atomic mass is 16.4. The molecular weight excluding hydrogens is 130 g/mol. The Morgan fingerprint density at radius 3 is 2.10 bits per heavy atom. The monoisotopic (exact) mass is 143 g/mol. The van der Waals surface area contributed by atoms with E-state index in [4.69, 9.17) is 0 Å². The van der Waals surface area contributed by atoms with Crippen molar-refractivity contribution in [1.82, 2.24) is 0 Å². The number of aliphatic carboxylic acids is 1. The van der Waals surface area contributed by atoms with Crippen LogP contribution in [-0.2, 0) is 4.79 Å². The topological polar surface area (TPSA) is 43.1 Å². The fourth-order valence-corrected chi connectivity index (χ4v) is 0.745. The van der Waals surface area contributed by atoms with Crippen LogP contribution in [0.15, 0.2) is 0 Å². The molecule has 0 fully saturated rings. The Balaban J connectivity index is 4.28. The summed E-state index contributed by atoms with van der Waals surface area (Å²) in [4.78, 5) is 10.3. The molecule has 0 aliphatic rings. The molecule has 0 aromatic carbocycles. The maximum atomic E-state index is 10.3. The summed E-state index contributed by atoms with van der Waals surface area (Å²) in [6.07, 6.45) is 1.41. The molecule has 0 heterocycles. The highest BCUT2D eigenvalue weighted by Crippen LogP contribution is 1.89. The van der Waals surface area contributed by atoms with Gasteiger partial charge in [0.1, 0.15) is 20.1 Å². The van der Waals surface area contributed by atoms with Crippen molar-refractivity contribution in [3.63, 3.8) is 0 Å². The second-order valence-electron chi connectivity index (χ2n) is 2.38. The first-order valence-corrected chi connectivity index (χ1v) is 3.34. The number of hydrogen-bond donors (Lipinski definition) is 0. The highest BCUT2D eigenvalue weighted by molar-refractivity contribution is 6.32. The van der Waals surface area contributed by atoms with Crippen LogP contribution in [0, 0.1) is 0 Å². The van der Waals surface area contributed by atoms with Gasteiger partial charge in [-0.05, 0) is 6.42 Å². The van der Waals surface area contributed by atoms with Crippen molar-refractivity contribution in [3.8, 4) is 0 Å². The van der Waals surface area contributed by atoms with E-state index in [-0.39, 0.29) is 0 Å². The molecule has 0 spiro atoms. The van der Waals surface area contributed by atoms with Gasteiger partial charge in [0, 0.05) is 6.42 Å². The first kappa shape index (κ1) is 9.14. The average molecular weight is 143 g/mol. The van der Waals surface area contributed by atoms with Gasteiger partial charge in [0.2, 0.25) is 0 Å². The second kappa shape index (κ2) is 4.04. The van der Waals surface area contributed by atoms with Crippen molar-refractivity contribution in [3.05, 3.63) is 0 Å². The molecule has 3 nitrogen and oxygen atoms in total. The van der Waals surface area contributed by atoms with Gasteiger partial charge in [-0.25, -0.2) is 4.58 Å². The quantitative estimate of drug-likeness (QED) is 0.385. The van der Waals surface area contributed by atoms with E-state index in [2.05, 4.69) is 0 Å². The molecule has 10 heavy (non-hydrogen) atoms. The molecule has 0 unspecified atom stereocenters. The van der Waals surface area contributed by atoms with Crippen LogP contribution in [0.25, 0.3) is 0 Å². The molecule has 0 aliphatic carbocycles. The van der Waals surface area contributed by atoms with Gasteiger partial charge < -0.3 is 9.90 Å². The van der Waals surface area contributed by atoms with Crippen LogP contribution in [0.2, 0.25) is 0 Å². The number of carboxylic acid groups (broad SMARTS) is 1. The number of carbonyl (C=O) groups excluding carboxylic acids is 1. The molecule has 0 atom stereocenters. The van der Waals surface area contributed by atoms with Crippen LogP contribution in [-0.4, -0.2) is 30.4 Å². The van der Waals surface area contributed by atoms with Crippen molar-refractivity contribution < 1.29 is 14.5 Å². The lowest BCUT2D eigenvalue weighted by atomic mass is 10.2. The molecule has 0 rings (SSSR count). The molecular formula is C7H13NO2. The smallest absolute Gasteiger partial charge is 0.198 e. The van der Waals surface area contributed by atoms with Gasteiger partial charge in [-0.1, -0.05) is 6.92 Å². The Hall–Kier alpha value is -0.860. The lowest BCUT2D eigenvalue weighted by Crippen LogP contribution is -2.36. The van der Waals surface area contributed by atoms with Gasteiger partial charge in [-0.3, -0.25) is 0 Å². The van der Waals surface area contributed by atoms with Crippen molar-refractivity contribution in [1.29, 1.82) is 0 Å². The molecule has 0 aromatic rings. The lowest BCUT2D eigenvalue weighted by molar-refractivity contribution is -0.468. The molecule has 0 aliphatic heterocycles. The van der Waals surface area contributed by atoms with Gasteiger partial charge >= 0.3 is 0 Å². The standard InChI is InChI=1S/C7H13NO2/c1-4-5-6(7(9)10)8(2)3/h4-5H2,1-3H3. The molecule has 0 amide bonds. The van der Waals surface area contributed by atoms with E-state index >= 15 is 0 Å². The van der Waals surface area contributed by atoms with Crippen LogP contribution in [0.3, 0.4) is 0 Å². The number of hydrogen-bond acceptors (Lipinski definition) is 2. The second-order valence-corrected chi connectivity index (χ2v) is 2.38. The van der Waals surface area contributed by atoms with Gasteiger partial charge in [0.15, 0.2) is 5.71 Å². The minimum absolute atomic E-state index is 0.363. The lowest BCUT2D eigenvalue weighted by Gasteiger charge is -2.01. The van der Waals surface area contributed by atoms with Crippen LogP contribution in [0.5, 0.6) is 0 Å². The fourth-order valence-electron chi connectivity index (χ4n) is 0.745. The zero-order valence-electron chi connectivity index (χ0n) is 6.68. The van der Waals surface area contributed by atoms with Gasteiger partial charge in [0.05, 0.1) is 0 Å². The van der Waals surface area contributed by atoms with E-state index in [0.717, 1.165) is 6.42 Å². The van der Waals surface area contributed by atoms with Crippen LogP contribution < -0.4 is 5.11 Å². The number of rotatable bonds is 3. The first-order chi connectivity index (χ1) is 4.59. The Morgan fingerprint density at radius 2 is 2.00 bits per heavy atom. The summed E-state index contributed by atoms with van der Waals surface area (Å²) in [6.45, 7) is 1.94. The Kier molecular flexibility index (Phi) is 3.69. The van der Waals surface area contributed by atoms with Gasteiger partial charge in [-0.15, -0.1) is 0 Å². The largest absolute Gasteiger partial charge is 0.540 e. The number of carboxylic acids is 1.